The van der Waals surface area contributed by atoms with Gasteiger partial charge in [-0.15, -0.1) is 0 Å². The molecule has 1 heteroatoms. The summed E-state index contributed by atoms with van der Waals surface area (Å²) in [5, 5.41) is 0. The van der Waals surface area contributed by atoms with Crippen LogP contribution < -0.4 is 0 Å². The van der Waals surface area contributed by atoms with Gasteiger partial charge in [0.05, 0.1) is 0 Å². The largest absolute Gasteiger partial charge is 0.227 e. The Morgan fingerprint density at radius 3 is 2.30 bits per heavy atom. The van der Waals surface area contributed by atoms with Gasteiger partial charge in [0.1, 0.15) is 0 Å². The van der Waals surface area contributed by atoms with E-state index in [9.17, 15) is 0 Å². The summed E-state index contributed by atoms with van der Waals surface area (Å²) in [4.78, 5) is 0. The second-order valence-electron chi connectivity index (χ2n) is 2.66. The van der Waals surface area contributed by atoms with Crippen molar-refractivity contribution in [1.82, 2.24) is 0 Å². The molecule has 2 rings (SSSR count). The number of hydrogen-bond donors (Lipinski definition) is 0. The van der Waals surface area contributed by atoms with Crippen LogP contribution >= 0.6 is 0 Å². The van der Waals surface area contributed by atoms with Gasteiger partial charge >= 0.3 is 0 Å². The molecule has 0 fully saturated rings. The number of benzene rings is 1. The third-order valence-corrected chi connectivity index (χ3v) is 1.81. The maximum absolute atomic E-state index is 2.29. The van der Waals surface area contributed by atoms with E-state index >= 15 is 0 Å². The molecule has 50 valence electrons. The lowest BCUT2D eigenvalue weighted by atomic mass is 10.3. The summed E-state index contributed by atoms with van der Waals surface area (Å²) in [6.45, 7) is 3.30. The first-order valence-corrected chi connectivity index (χ1v) is 3.53. The Hall–Kier alpha value is -1.11. The normalized spacial score (nSPS) is 15.7. The molecular weight excluding hydrogens is 122 g/mol. The predicted molar refractivity (Wildman–Crippen MR) is 41.9 cm³/mol. The van der Waals surface area contributed by atoms with Gasteiger partial charge in [-0.3, -0.25) is 0 Å². The van der Waals surface area contributed by atoms with Crippen molar-refractivity contribution in [1.29, 1.82) is 0 Å². The summed E-state index contributed by atoms with van der Waals surface area (Å²) < 4.78 is 2.29. The van der Waals surface area contributed by atoms with Crippen LogP contribution in [0.5, 0.6) is 0 Å². The van der Waals surface area contributed by atoms with Crippen LogP contribution in [-0.2, 0) is 0 Å². The van der Waals surface area contributed by atoms with E-state index in [1.165, 1.54) is 11.4 Å². The molecule has 0 aromatic heterocycles. The van der Waals surface area contributed by atoms with Gasteiger partial charge in [-0.1, -0.05) is 18.2 Å². The summed E-state index contributed by atoms with van der Waals surface area (Å²) in [6, 6.07) is 10.5. The molecule has 1 aromatic carbocycles. The Kier molecular flexibility index (Phi) is 1.10. The summed E-state index contributed by atoms with van der Waals surface area (Å²) in [5.41, 5.74) is 2.78. The van der Waals surface area contributed by atoms with E-state index in [0.717, 1.165) is 6.54 Å². The monoisotopic (exact) mass is 132 g/mol. The van der Waals surface area contributed by atoms with Gasteiger partial charge in [0.15, 0.2) is 0 Å². The van der Waals surface area contributed by atoms with Gasteiger partial charge in [0.25, 0.3) is 0 Å². The topological polar surface area (TPSA) is 3.01 Å². The van der Waals surface area contributed by atoms with Crippen LogP contribution in [0.15, 0.2) is 30.3 Å². The SMILES string of the molecule is CC1=[N+](c2ccccc2)C1. The van der Waals surface area contributed by atoms with Gasteiger partial charge < -0.3 is 0 Å². The van der Waals surface area contributed by atoms with Crippen molar-refractivity contribution in [3.05, 3.63) is 30.3 Å². The summed E-state index contributed by atoms with van der Waals surface area (Å²) in [7, 11) is 0. The lowest BCUT2D eigenvalue weighted by Gasteiger charge is -1.83. The zero-order valence-electron chi connectivity index (χ0n) is 6.04. The molecule has 1 aliphatic rings. The van der Waals surface area contributed by atoms with Crippen molar-refractivity contribution < 1.29 is 4.58 Å². The minimum absolute atomic E-state index is 1.14. The van der Waals surface area contributed by atoms with Crippen LogP contribution in [0.1, 0.15) is 6.92 Å². The van der Waals surface area contributed by atoms with Crippen molar-refractivity contribution in [2.45, 2.75) is 6.92 Å². The molecular formula is C9H10N+. The maximum Gasteiger partial charge on any atom is 0.227 e. The molecule has 0 bridgehead atoms. The molecule has 0 radical (unpaired) electrons. The van der Waals surface area contributed by atoms with Gasteiger partial charge in [-0.2, -0.15) is 4.58 Å². The Balaban J connectivity index is 2.37. The van der Waals surface area contributed by atoms with E-state index in [2.05, 4.69) is 35.8 Å². The first-order chi connectivity index (χ1) is 4.88. The molecule has 0 saturated carbocycles. The molecule has 1 nitrogen and oxygen atoms in total. The zero-order chi connectivity index (χ0) is 6.97. The zero-order valence-corrected chi connectivity index (χ0v) is 6.04. The summed E-state index contributed by atoms with van der Waals surface area (Å²) >= 11 is 0. The van der Waals surface area contributed by atoms with Crippen LogP contribution in [0.25, 0.3) is 0 Å². The van der Waals surface area contributed by atoms with Gasteiger partial charge in [0, 0.05) is 19.1 Å². The van der Waals surface area contributed by atoms with E-state index in [1.54, 1.807) is 0 Å². The van der Waals surface area contributed by atoms with Crippen molar-refractivity contribution >= 4 is 11.4 Å². The second-order valence-corrected chi connectivity index (χ2v) is 2.66. The standard InChI is InChI=1S/C9H10N/c1-8-7-10(8)9-5-3-2-4-6-9/h2-6H,7H2,1H3/q+1. The van der Waals surface area contributed by atoms with Crippen LogP contribution in [0.4, 0.5) is 5.69 Å². The fourth-order valence-electron chi connectivity index (χ4n) is 1.11. The highest BCUT2D eigenvalue weighted by molar-refractivity contribution is 5.87. The third-order valence-electron chi connectivity index (χ3n) is 1.81. The molecule has 0 saturated heterocycles. The molecule has 0 unspecified atom stereocenters. The minimum Gasteiger partial charge on any atom is -0.184 e. The molecule has 0 spiro atoms. The summed E-state index contributed by atoms with van der Waals surface area (Å²) in [6.07, 6.45) is 0. The molecule has 1 heterocycles. The molecule has 1 aromatic rings. The van der Waals surface area contributed by atoms with Crippen molar-refractivity contribution in [2.75, 3.05) is 6.54 Å². The van der Waals surface area contributed by atoms with Crippen molar-refractivity contribution in [3.63, 3.8) is 0 Å². The first-order valence-electron chi connectivity index (χ1n) is 3.53. The van der Waals surface area contributed by atoms with Crippen LogP contribution in [0, 0.1) is 0 Å². The summed E-state index contributed by atoms with van der Waals surface area (Å²) in [5.74, 6) is 0. The van der Waals surface area contributed by atoms with Crippen molar-refractivity contribution in [3.8, 4) is 0 Å². The van der Waals surface area contributed by atoms with E-state index in [4.69, 9.17) is 0 Å². The Morgan fingerprint density at radius 1 is 1.20 bits per heavy atom. The fourth-order valence-corrected chi connectivity index (χ4v) is 1.11. The average Bonchev–Trinajstić information content (AvgIpc) is 2.69. The molecule has 0 amide bonds. The lowest BCUT2D eigenvalue weighted by Crippen LogP contribution is -1.77. The molecule has 0 aliphatic carbocycles. The average molecular weight is 132 g/mol. The molecule has 1 aliphatic heterocycles. The predicted octanol–water partition coefficient (Wildman–Crippen LogP) is 1.81. The van der Waals surface area contributed by atoms with Crippen LogP contribution in [0.3, 0.4) is 0 Å². The fraction of sp³-hybridized carbons (Fsp3) is 0.222. The van der Waals surface area contributed by atoms with E-state index in [1.807, 2.05) is 6.07 Å². The highest BCUT2D eigenvalue weighted by atomic mass is 15.1. The number of rotatable bonds is 1. The Morgan fingerprint density at radius 2 is 1.80 bits per heavy atom. The smallest absolute Gasteiger partial charge is 0.184 e. The number of hydrogen-bond acceptors (Lipinski definition) is 0. The molecule has 0 N–H and O–H groups in total. The highest BCUT2D eigenvalue weighted by Crippen LogP contribution is 2.16. The lowest BCUT2D eigenvalue weighted by molar-refractivity contribution is -0.342. The minimum atomic E-state index is 1.14. The molecule has 10 heavy (non-hydrogen) atoms. The van der Waals surface area contributed by atoms with Crippen molar-refractivity contribution in [2.24, 2.45) is 0 Å². The quantitative estimate of drug-likeness (QED) is 0.513. The number of nitrogens with zero attached hydrogens (tertiary/aromatic N) is 1. The van der Waals surface area contributed by atoms with E-state index < -0.39 is 0 Å². The Labute approximate surface area is 60.6 Å². The first kappa shape index (κ1) is 5.66. The Bertz CT molecular complexity index is 272. The molecule has 0 atom stereocenters. The van der Waals surface area contributed by atoms with Gasteiger partial charge in [-0.05, 0) is 0 Å². The highest BCUT2D eigenvalue weighted by Gasteiger charge is 2.29. The second kappa shape index (κ2) is 1.94. The van der Waals surface area contributed by atoms with E-state index in [-0.39, 0.29) is 0 Å². The van der Waals surface area contributed by atoms with Crippen LogP contribution in [-0.4, -0.2) is 16.8 Å². The third kappa shape index (κ3) is 0.838. The van der Waals surface area contributed by atoms with Gasteiger partial charge in [0.2, 0.25) is 17.9 Å². The maximum atomic E-state index is 2.29. The van der Waals surface area contributed by atoms with Crippen LogP contribution in [0.2, 0.25) is 0 Å². The number of para-hydroxylation sites is 1. The van der Waals surface area contributed by atoms with E-state index in [0.29, 0.717) is 0 Å². The van der Waals surface area contributed by atoms with Gasteiger partial charge in [-0.25, -0.2) is 0 Å².